The summed E-state index contributed by atoms with van der Waals surface area (Å²) < 4.78 is 32.5. The highest BCUT2D eigenvalue weighted by Gasteiger charge is 2.16. The molecular formula is C13H6ClF2NO. The van der Waals surface area contributed by atoms with Crippen LogP contribution in [-0.4, -0.2) is 5.16 Å². The minimum atomic E-state index is -0.653. The smallest absolute Gasteiger partial charge is 0.168 e. The van der Waals surface area contributed by atoms with E-state index in [0.29, 0.717) is 21.6 Å². The maximum atomic E-state index is 13.8. The van der Waals surface area contributed by atoms with Gasteiger partial charge >= 0.3 is 0 Å². The second-order valence-corrected chi connectivity index (χ2v) is 4.22. The molecule has 0 aliphatic heterocycles. The van der Waals surface area contributed by atoms with E-state index in [9.17, 15) is 8.78 Å². The Morgan fingerprint density at radius 1 is 1.11 bits per heavy atom. The first-order valence-corrected chi connectivity index (χ1v) is 5.53. The highest BCUT2D eigenvalue weighted by atomic mass is 35.5. The van der Waals surface area contributed by atoms with Crippen molar-refractivity contribution in [3.8, 4) is 11.1 Å². The number of hydrogen-bond donors (Lipinski definition) is 0. The highest BCUT2D eigenvalue weighted by Crippen LogP contribution is 2.34. The Hall–Kier alpha value is -1.94. The Bertz CT molecular complexity index is 719. The molecule has 1 heterocycles. The molecule has 0 spiro atoms. The topological polar surface area (TPSA) is 26.0 Å². The zero-order valence-corrected chi connectivity index (χ0v) is 9.71. The average Bonchev–Trinajstić information content (AvgIpc) is 2.76. The summed E-state index contributed by atoms with van der Waals surface area (Å²) in [4.78, 5) is 0. The summed E-state index contributed by atoms with van der Waals surface area (Å²) in [6.45, 7) is 0. The Kier molecular flexibility index (Phi) is 2.52. The van der Waals surface area contributed by atoms with Gasteiger partial charge < -0.3 is 4.52 Å². The first-order chi connectivity index (χ1) is 8.66. The third kappa shape index (κ3) is 1.66. The zero-order valence-electron chi connectivity index (χ0n) is 8.95. The molecule has 18 heavy (non-hydrogen) atoms. The van der Waals surface area contributed by atoms with E-state index in [1.165, 1.54) is 30.5 Å². The second-order valence-electron chi connectivity index (χ2n) is 3.79. The van der Waals surface area contributed by atoms with Crippen LogP contribution in [0.1, 0.15) is 0 Å². The van der Waals surface area contributed by atoms with Crippen LogP contribution in [0.2, 0.25) is 5.02 Å². The van der Waals surface area contributed by atoms with E-state index in [1.54, 1.807) is 6.07 Å². The Labute approximate surface area is 106 Å². The van der Waals surface area contributed by atoms with Crippen molar-refractivity contribution in [2.45, 2.75) is 0 Å². The summed E-state index contributed by atoms with van der Waals surface area (Å²) in [5.41, 5.74) is 0.586. The predicted molar refractivity (Wildman–Crippen MR) is 64.4 cm³/mol. The maximum absolute atomic E-state index is 13.8. The molecule has 0 amide bonds. The molecule has 0 N–H and O–H groups in total. The number of rotatable bonds is 1. The minimum Gasteiger partial charge on any atom is -0.356 e. The van der Waals surface area contributed by atoms with Gasteiger partial charge in [-0.1, -0.05) is 22.8 Å². The summed E-state index contributed by atoms with van der Waals surface area (Å²) in [7, 11) is 0. The number of benzene rings is 2. The van der Waals surface area contributed by atoms with E-state index in [2.05, 4.69) is 5.16 Å². The third-order valence-electron chi connectivity index (χ3n) is 2.67. The van der Waals surface area contributed by atoms with Crippen LogP contribution in [0.4, 0.5) is 8.78 Å². The molecule has 0 bridgehead atoms. The fraction of sp³-hybridized carbons (Fsp3) is 0. The first kappa shape index (κ1) is 11.2. The van der Waals surface area contributed by atoms with Crippen molar-refractivity contribution in [3.63, 3.8) is 0 Å². The van der Waals surface area contributed by atoms with E-state index >= 15 is 0 Å². The molecule has 90 valence electrons. The van der Waals surface area contributed by atoms with Crippen molar-refractivity contribution >= 4 is 22.6 Å². The molecule has 5 heteroatoms. The standard InChI is InChI=1S/C13H6ClF2NO/c14-7-4-8(9-6-17-18-12(9)5-7)13-10(15)2-1-3-11(13)16/h1-6H. The fourth-order valence-electron chi connectivity index (χ4n) is 1.90. The molecule has 0 unspecified atom stereocenters. The van der Waals surface area contributed by atoms with Crippen molar-refractivity contribution in [1.29, 1.82) is 0 Å². The van der Waals surface area contributed by atoms with Crippen LogP contribution >= 0.6 is 11.6 Å². The summed E-state index contributed by atoms with van der Waals surface area (Å²) in [6.07, 6.45) is 1.41. The monoisotopic (exact) mass is 265 g/mol. The number of fused-ring (bicyclic) bond motifs is 1. The van der Waals surface area contributed by atoms with Crippen LogP contribution in [-0.2, 0) is 0 Å². The maximum Gasteiger partial charge on any atom is 0.168 e. The molecule has 0 atom stereocenters. The van der Waals surface area contributed by atoms with E-state index in [1.807, 2.05) is 0 Å². The molecule has 0 fully saturated rings. The lowest BCUT2D eigenvalue weighted by Gasteiger charge is -2.06. The van der Waals surface area contributed by atoms with Crippen molar-refractivity contribution in [2.24, 2.45) is 0 Å². The van der Waals surface area contributed by atoms with Gasteiger partial charge in [0.1, 0.15) is 11.6 Å². The van der Waals surface area contributed by atoms with Gasteiger partial charge in [0.15, 0.2) is 5.58 Å². The molecule has 2 nitrogen and oxygen atoms in total. The van der Waals surface area contributed by atoms with E-state index in [0.717, 1.165) is 0 Å². The summed E-state index contributed by atoms with van der Waals surface area (Å²) in [6, 6.07) is 6.73. The van der Waals surface area contributed by atoms with Gasteiger partial charge in [-0.2, -0.15) is 0 Å². The molecule has 1 aromatic heterocycles. The lowest BCUT2D eigenvalue weighted by Crippen LogP contribution is -1.90. The first-order valence-electron chi connectivity index (χ1n) is 5.15. The molecular weight excluding hydrogens is 260 g/mol. The lowest BCUT2D eigenvalue weighted by atomic mass is 10.0. The van der Waals surface area contributed by atoms with Gasteiger partial charge in [-0.25, -0.2) is 8.78 Å². The van der Waals surface area contributed by atoms with Crippen molar-refractivity contribution in [1.82, 2.24) is 5.16 Å². The normalized spacial score (nSPS) is 11.1. The van der Waals surface area contributed by atoms with Crippen LogP contribution in [0, 0.1) is 11.6 Å². The summed E-state index contributed by atoms with van der Waals surface area (Å²) in [5.74, 6) is -1.31. The average molecular weight is 266 g/mol. The Balaban J connectivity index is 2.41. The third-order valence-corrected chi connectivity index (χ3v) is 2.89. The van der Waals surface area contributed by atoms with E-state index in [4.69, 9.17) is 16.1 Å². The summed E-state index contributed by atoms with van der Waals surface area (Å²) >= 11 is 5.90. The molecule has 0 saturated carbocycles. The number of hydrogen-bond acceptors (Lipinski definition) is 2. The molecule has 0 radical (unpaired) electrons. The van der Waals surface area contributed by atoms with E-state index < -0.39 is 11.6 Å². The van der Waals surface area contributed by atoms with Gasteiger partial charge in [-0.15, -0.1) is 0 Å². The summed E-state index contributed by atoms with van der Waals surface area (Å²) in [5, 5.41) is 4.46. The largest absolute Gasteiger partial charge is 0.356 e. The Morgan fingerprint density at radius 2 is 1.83 bits per heavy atom. The highest BCUT2D eigenvalue weighted by molar-refractivity contribution is 6.31. The van der Waals surface area contributed by atoms with Gasteiger partial charge in [0.05, 0.1) is 11.8 Å². The van der Waals surface area contributed by atoms with Crippen LogP contribution in [0.15, 0.2) is 41.1 Å². The van der Waals surface area contributed by atoms with E-state index in [-0.39, 0.29) is 5.56 Å². The molecule has 3 rings (SSSR count). The van der Waals surface area contributed by atoms with Crippen LogP contribution in [0.3, 0.4) is 0 Å². The molecule has 2 aromatic carbocycles. The molecule has 0 aliphatic carbocycles. The zero-order chi connectivity index (χ0) is 12.7. The number of nitrogens with zero attached hydrogens (tertiary/aromatic N) is 1. The minimum absolute atomic E-state index is 0.131. The van der Waals surface area contributed by atoms with Gasteiger partial charge in [-0.3, -0.25) is 0 Å². The van der Waals surface area contributed by atoms with Crippen molar-refractivity contribution < 1.29 is 13.3 Å². The van der Waals surface area contributed by atoms with Crippen LogP contribution in [0.5, 0.6) is 0 Å². The second kappa shape index (κ2) is 4.07. The van der Waals surface area contributed by atoms with Crippen LogP contribution < -0.4 is 0 Å². The van der Waals surface area contributed by atoms with Crippen molar-refractivity contribution in [3.05, 3.63) is 53.2 Å². The predicted octanol–water partition coefficient (Wildman–Crippen LogP) is 4.43. The number of aromatic nitrogens is 1. The lowest BCUT2D eigenvalue weighted by molar-refractivity contribution is 0.456. The molecule has 0 saturated heterocycles. The van der Waals surface area contributed by atoms with Gasteiger partial charge in [-0.05, 0) is 18.2 Å². The van der Waals surface area contributed by atoms with Gasteiger partial charge in [0, 0.05) is 22.0 Å². The van der Waals surface area contributed by atoms with Crippen LogP contribution in [0.25, 0.3) is 22.1 Å². The molecule has 3 aromatic rings. The Morgan fingerprint density at radius 3 is 2.56 bits per heavy atom. The molecule has 0 aliphatic rings. The van der Waals surface area contributed by atoms with Crippen molar-refractivity contribution in [2.75, 3.05) is 0 Å². The van der Waals surface area contributed by atoms with Gasteiger partial charge in [0.25, 0.3) is 0 Å². The SMILES string of the molecule is Fc1cccc(F)c1-c1cc(Cl)cc2oncc12. The quantitative estimate of drug-likeness (QED) is 0.651. The number of halogens is 3. The van der Waals surface area contributed by atoms with Gasteiger partial charge in [0.2, 0.25) is 0 Å². The fourth-order valence-corrected chi connectivity index (χ4v) is 2.11.